The molecule has 23 heavy (non-hydrogen) atoms. The lowest BCUT2D eigenvalue weighted by molar-refractivity contribution is -0.136. The van der Waals surface area contributed by atoms with Crippen LogP contribution in [-0.2, 0) is 9.59 Å². The lowest BCUT2D eigenvalue weighted by atomic mass is 10.1. The van der Waals surface area contributed by atoms with Gasteiger partial charge in [-0.05, 0) is 25.0 Å². The number of para-hydroxylation sites is 2. The van der Waals surface area contributed by atoms with E-state index in [9.17, 15) is 9.59 Å². The van der Waals surface area contributed by atoms with Crippen molar-refractivity contribution < 1.29 is 14.3 Å². The molecule has 0 bridgehead atoms. The summed E-state index contributed by atoms with van der Waals surface area (Å²) in [6.45, 7) is 1.65. The number of methoxy groups -OCH3 is 1. The Morgan fingerprint density at radius 2 is 2.17 bits per heavy atom. The molecular weight excluding hydrogens is 294 g/mol. The molecule has 6 nitrogen and oxygen atoms in total. The standard InChI is InChI=1S/C17H23N3O3/c1-23-15-7-3-2-6-14(15)20-11-12(9-16(20)21)17(22)19-8-4-5-13(19)10-18/h2-3,6-7,12-13H,4-5,8-11,18H2,1H3. The van der Waals surface area contributed by atoms with Gasteiger partial charge in [-0.2, -0.15) is 0 Å². The van der Waals surface area contributed by atoms with Gasteiger partial charge in [-0.1, -0.05) is 12.1 Å². The fourth-order valence-corrected chi connectivity index (χ4v) is 3.56. The lowest BCUT2D eigenvalue weighted by Crippen LogP contribution is -2.43. The van der Waals surface area contributed by atoms with Crippen molar-refractivity contribution in [2.24, 2.45) is 11.7 Å². The van der Waals surface area contributed by atoms with Gasteiger partial charge in [-0.25, -0.2) is 0 Å². The molecule has 0 spiro atoms. The Morgan fingerprint density at radius 1 is 1.39 bits per heavy atom. The molecule has 124 valence electrons. The third kappa shape index (κ3) is 2.91. The molecule has 2 unspecified atom stereocenters. The number of likely N-dealkylation sites (tertiary alicyclic amines) is 1. The number of hydrogen-bond acceptors (Lipinski definition) is 4. The topological polar surface area (TPSA) is 75.9 Å². The molecule has 0 aromatic heterocycles. The summed E-state index contributed by atoms with van der Waals surface area (Å²) in [5.41, 5.74) is 6.49. The van der Waals surface area contributed by atoms with Crippen molar-refractivity contribution >= 4 is 17.5 Å². The first kappa shape index (κ1) is 15.8. The summed E-state index contributed by atoms with van der Waals surface area (Å²) in [5, 5.41) is 0. The van der Waals surface area contributed by atoms with Crippen LogP contribution in [0.4, 0.5) is 5.69 Å². The summed E-state index contributed by atoms with van der Waals surface area (Å²) in [6, 6.07) is 7.52. The maximum atomic E-state index is 12.8. The predicted octanol–water partition coefficient (Wildman–Crippen LogP) is 0.998. The van der Waals surface area contributed by atoms with Crippen LogP contribution >= 0.6 is 0 Å². The van der Waals surface area contributed by atoms with E-state index < -0.39 is 0 Å². The zero-order chi connectivity index (χ0) is 16.4. The van der Waals surface area contributed by atoms with Crippen LogP contribution in [0.5, 0.6) is 5.75 Å². The summed E-state index contributed by atoms with van der Waals surface area (Å²) in [5.74, 6) is 0.384. The molecule has 2 amide bonds. The predicted molar refractivity (Wildman–Crippen MR) is 87.2 cm³/mol. The smallest absolute Gasteiger partial charge is 0.228 e. The minimum absolute atomic E-state index is 0.0312. The zero-order valence-electron chi connectivity index (χ0n) is 13.4. The van der Waals surface area contributed by atoms with E-state index in [2.05, 4.69) is 0 Å². The second-order valence-electron chi connectivity index (χ2n) is 6.14. The zero-order valence-corrected chi connectivity index (χ0v) is 13.4. The van der Waals surface area contributed by atoms with Gasteiger partial charge in [0.1, 0.15) is 5.75 Å². The Kier molecular flexibility index (Phi) is 4.52. The number of hydrogen-bond donors (Lipinski definition) is 1. The molecule has 2 aliphatic heterocycles. The van der Waals surface area contributed by atoms with Crippen molar-refractivity contribution in [3.63, 3.8) is 0 Å². The number of carbonyl (C=O) groups is 2. The molecular formula is C17H23N3O3. The maximum absolute atomic E-state index is 12.8. The molecule has 2 saturated heterocycles. The van der Waals surface area contributed by atoms with E-state index in [1.165, 1.54) is 0 Å². The van der Waals surface area contributed by atoms with Crippen LogP contribution in [-0.4, -0.2) is 49.5 Å². The fourth-order valence-electron chi connectivity index (χ4n) is 3.56. The van der Waals surface area contributed by atoms with Gasteiger partial charge in [0, 0.05) is 32.1 Å². The van der Waals surface area contributed by atoms with Crippen molar-refractivity contribution in [3.8, 4) is 5.75 Å². The van der Waals surface area contributed by atoms with E-state index in [1.807, 2.05) is 29.2 Å². The number of nitrogens with zero attached hydrogens (tertiary/aromatic N) is 2. The van der Waals surface area contributed by atoms with Crippen molar-refractivity contribution in [2.75, 3.05) is 31.6 Å². The molecule has 2 N–H and O–H groups in total. The van der Waals surface area contributed by atoms with Gasteiger partial charge >= 0.3 is 0 Å². The van der Waals surface area contributed by atoms with Crippen molar-refractivity contribution in [1.29, 1.82) is 0 Å². The number of nitrogens with two attached hydrogens (primary N) is 1. The van der Waals surface area contributed by atoms with Crippen molar-refractivity contribution in [3.05, 3.63) is 24.3 Å². The highest BCUT2D eigenvalue weighted by Crippen LogP contribution is 2.34. The van der Waals surface area contributed by atoms with Crippen LogP contribution in [0.15, 0.2) is 24.3 Å². The van der Waals surface area contributed by atoms with E-state index in [0.29, 0.717) is 18.8 Å². The van der Waals surface area contributed by atoms with Gasteiger partial charge in [-0.15, -0.1) is 0 Å². The maximum Gasteiger partial charge on any atom is 0.228 e. The first-order valence-corrected chi connectivity index (χ1v) is 8.09. The SMILES string of the molecule is COc1ccccc1N1CC(C(=O)N2CCCC2CN)CC1=O. The summed E-state index contributed by atoms with van der Waals surface area (Å²) < 4.78 is 5.33. The minimum Gasteiger partial charge on any atom is -0.495 e. The molecule has 0 aliphatic carbocycles. The quantitative estimate of drug-likeness (QED) is 0.899. The molecule has 0 radical (unpaired) electrons. The minimum atomic E-state index is -0.292. The largest absolute Gasteiger partial charge is 0.495 e. The first-order chi connectivity index (χ1) is 11.2. The van der Waals surface area contributed by atoms with Crippen molar-refractivity contribution in [1.82, 2.24) is 4.90 Å². The van der Waals surface area contributed by atoms with Crippen LogP contribution < -0.4 is 15.4 Å². The van der Waals surface area contributed by atoms with Gasteiger partial charge < -0.3 is 20.3 Å². The molecule has 6 heteroatoms. The van der Waals surface area contributed by atoms with Crippen molar-refractivity contribution in [2.45, 2.75) is 25.3 Å². The number of ether oxygens (including phenoxy) is 1. The summed E-state index contributed by atoms with van der Waals surface area (Å²) in [7, 11) is 1.58. The number of benzene rings is 1. The monoisotopic (exact) mass is 317 g/mol. The van der Waals surface area contributed by atoms with Crippen LogP contribution in [0.3, 0.4) is 0 Å². The van der Waals surface area contributed by atoms with Gasteiger partial charge in [0.15, 0.2) is 0 Å². The van der Waals surface area contributed by atoms with Gasteiger partial charge in [0.25, 0.3) is 0 Å². The second kappa shape index (κ2) is 6.58. The first-order valence-electron chi connectivity index (χ1n) is 8.09. The highest BCUT2D eigenvalue weighted by molar-refractivity contribution is 6.01. The molecule has 0 saturated carbocycles. The Balaban J connectivity index is 1.76. The molecule has 2 atom stereocenters. The summed E-state index contributed by atoms with van der Waals surface area (Å²) in [6.07, 6.45) is 2.20. The number of rotatable bonds is 4. The van der Waals surface area contributed by atoms with E-state index in [1.54, 1.807) is 12.0 Å². The molecule has 1 aromatic rings. The second-order valence-corrected chi connectivity index (χ2v) is 6.14. The van der Waals surface area contributed by atoms with Gasteiger partial charge in [-0.3, -0.25) is 9.59 Å². The summed E-state index contributed by atoms with van der Waals surface area (Å²) >= 11 is 0. The average molecular weight is 317 g/mol. The van der Waals surface area contributed by atoms with Crippen LogP contribution in [0.2, 0.25) is 0 Å². The van der Waals surface area contributed by atoms with Gasteiger partial charge in [0.2, 0.25) is 11.8 Å². The average Bonchev–Trinajstić information content (AvgIpc) is 3.20. The normalized spacial score (nSPS) is 24.3. The fraction of sp³-hybridized carbons (Fsp3) is 0.529. The number of amides is 2. The number of anilines is 1. The van der Waals surface area contributed by atoms with E-state index in [4.69, 9.17) is 10.5 Å². The van der Waals surface area contributed by atoms with Crippen LogP contribution in [0.25, 0.3) is 0 Å². The third-order valence-corrected chi connectivity index (χ3v) is 4.78. The Morgan fingerprint density at radius 3 is 2.91 bits per heavy atom. The highest BCUT2D eigenvalue weighted by atomic mass is 16.5. The van der Waals surface area contributed by atoms with E-state index in [-0.39, 0.29) is 30.2 Å². The third-order valence-electron chi connectivity index (χ3n) is 4.78. The van der Waals surface area contributed by atoms with Crippen LogP contribution in [0.1, 0.15) is 19.3 Å². The molecule has 1 aromatic carbocycles. The Bertz CT molecular complexity index is 605. The van der Waals surface area contributed by atoms with E-state index in [0.717, 1.165) is 25.1 Å². The molecule has 2 heterocycles. The Labute approximate surface area is 136 Å². The molecule has 2 fully saturated rings. The van der Waals surface area contributed by atoms with E-state index >= 15 is 0 Å². The Hall–Kier alpha value is -2.08. The van der Waals surface area contributed by atoms with Gasteiger partial charge in [0.05, 0.1) is 18.7 Å². The lowest BCUT2D eigenvalue weighted by Gasteiger charge is -2.26. The molecule has 3 rings (SSSR count). The highest BCUT2D eigenvalue weighted by Gasteiger charge is 2.40. The summed E-state index contributed by atoms with van der Waals surface area (Å²) in [4.78, 5) is 28.7. The molecule has 2 aliphatic rings. The van der Waals surface area contributed by atoms with Crippen LogP contribution in [0, 0.1) is 5.92 Å². The number of carbonyl (C=O) groups excluding carboxylic acids is 2.